The van der Waals surface area contributed by atoms with Gasteiger partial charge < -0.3 is 14.6 Å². The molecule has 0 aromatic heterocycles. The van der Waals surface area contributed by atoms with Crippen LogP contribution >= 0.6 is 0 Å². The van der Waals surface area contributed by atoms with Crippen LogP contribution in [0.2, 0.25) is 0 Å². The first-order valence-corrected chi connectivity index (χ1v) is 15.9. The molecule has 0 bridgehead atoms. The summed E-state index contributed by atoms with van der Waals surface area (Å²) in [6.45, 7) is 5.66. The van der Waals surface area contributed by atoms with E-state index in [1.807, 2.05) is 35.2 Å². The van der Waals surface area contributed by atoms with E-state index >= 15 is 0 Å². The van der Waals surface area contributed by atoms with Crippen LogP contribution in [0.5, 0.6) is 5.75 Å². The van der Waals surface area contributed by atoms with Crippen LogP contribution in [0.25, 0.3) is 0 Å². The Morgan fingerprint density at radius 3 is 2.27 bits per heavy atom. The molecule has 2 saturated heterocycles. The van der Waals surface area contributed by atoms with Crippen molar-refractivity contribution in [1.29, 1.82) is 0 Å². The fraction of sp³-hybridized carbons (Fsp3) is 0.406. The van der Waals surface area contributed by atoms with E-state index in [4.69, 9.17) is 9.47 Å². The summed E-state index contributed by atoms with van der Waals surface area (Å²) in [7, 11) is -3.53. The van der Waals surface area contributed by atoms with Crippen LogP contribution in [0, 0.1) is 5.92 Å². The van der Waals surface area contributed by atoms with Gasteiger partial charge in [0, 0.05) is 32.7 Å². The largest absolute Gasteiger partial charge is 0.423 e. The molecule has 2 heterocycles. The number of rotatable bonds is 10. The minimum atomic E-state index is -3.53. The molecule has 218 valence electrons. The van der Waals surface area contributed by atoms with Crippen LogP contribution in [0.4, 0.5) is 0 Å². The van der Waals surface area contributed by atoms with Crippen LogP contribution in [0.1, 0.15) is 27.9 Å². The number of ether oxygens (including phenoxy) is 2. The number of carbonyl (C=O) groups excluding carboxylic acids is 1. The average Bonchev–Trinajstić information content (AvgIpc) is 2.99. The number of sulfone groups is 1. The number of benzene rings is 3. The summed E-state index contributed by atoms with van der Waals surface area (Å²) in [6.07, 6.45) is 1.17. The molecule has 9 heteroatoms. The van der Waals surface area contributed by atoms with Crippen molar-refractivity contribution in [2.45, 2.75) is 30.4 Å². The number of esters is 1. The van der Waals surface area contributed by atoms with Crippen LogP contribution in [-0.4, -0.2) is 87.1 Å². The summed E-state index contributed by atoms with van der Waals surface area (Å²) < 4.78 is 36.8. The maximum absolute atomic E-state index is 13.0. The molecular formula is C32H38N2O6S. The third kappa shape index (κ3) is 8.24. The molecule has 2 aliphatic rings. The van der Waals surface area contributed by atoms with Gasteiger partial charge in [0.05, 0.1) is 35.5 Å². The van der Waals surface area contributed by atoms with E-state index in [0.717, 1.165) is 57.8 Å². The molecule has 2 unspecified atom stereocenters. The lowest BCUT2D eigenvalue weighted by Gasteiger charge is -2.36. The Hall–Kier alpha value is -3.08. The highest BCUT2D eigenvalue weighted by molar-refractivity contribution is 7.91. The second-order valence-electron chi connectivity index (χ2n) is 10.9. The number of β-amino-alcohol motifs (C(OH)–C–C–N with tert-alkyl or cyclic N) is 1. The maximum atomic E-state index is 13.0. The number of morpholine rings is 1. The van der Waals surface area contributed by atoms with Crippen molar-refractivity contribution in [1.82, 2.24) is 9.80 Å². The summed E-state index contributed by atoms with van der Waals surface area (Å²) in [6, 6.07) is 23.5. The zero-order chi connectivity index (χ0) is 28.7. The van der Waals surface area contributed by atoms with Gasteiger partial charge in [-0.15, -0.1) is 0 Å². The first kappa shape index (κ1) is 29.4. The summed E-state index contributed by atoms with van der Waals surface area (Å²) in [5.41, 5.74) is 2.75. The predicted octanol–water partition coefficient (Wildman–Crippen LogP) is 3.44. The summed E-state index contributed by atoms with van der Waals surface area (Å²) in [4.78, 5) is 17.1. The molecule has 2 atom stereocenters. The Kier molecular flexibility index (Phi) is 9.84. The van der Waals surface area contributed by atoms with Gasteiger partial charge in [0.15, 0.2) is 9.84 Å². The highest BCUT2D eigenvalue weighted by atomic mass is 32.2. The lowest BCUT2D eigenvalue weighted by Crippen LogP contribution is -2.46. The number of nitrogens with zero attached hydrogens (tertiary/aromatic N) is 2. The molecule has 0 radical (unpaired) electrons. The van der Waals surface area contributed by atoms with Crippen LogP contribution in [0.15, 0.2) is 83.8 Å². The highest BCUT2D eigenvalue weighted by Crippen LogP contribution is 2.23. The Bertz CT molecular complexity index is 1370. The topological polar surface area (TPSA) is 96.4 Å². The molecule has 41 heavy (non-hydrogen) atoms. The number of carbonyl (C=O) groups is 1. The van der Waals surface area contributed by atoms with Crippen molar-refractivity contribution in [3.63, 3.8) is 0 Å². The fourth-order valence-corrected chi connectivity index (χ4v) is 6.70. The maximum Gasteiger partial charge on any atom is 0.343 e. The van der Waals surface area contributed by atoms with E-state index < -0.39 is 21.9 Å². The van der Waals surface area contributed by atoms with E-state index in [9.17, 15) is 18.3 Å². The van der Waals surface area contributed by atoms with E-state index in [1.165, 1.54) is 29.8 Å². The molecule has 0 spiro atoms. The van der Waals surface area contributed by atoms with Gasteiger partial charge in [-0.1, -0.05) is 42.5 Å². The van der Waals surface area contributed by atoms with Gasteiger partial charge in [-0.2, -0.15) is 0 Å². The molecule has 2 aliphatic heterocycles. The summed E-state index contributed by atoms with van der Waals surface area (Å²) in [5.74, 6) is -0.0739. The second kappa shape index (κ2) is 13.7. The minimum Gasteiger partial charge on any atom is -0.423 e. The van der Waals surface area contributed by atoms with Gasteiger partial charge in [-0.05, 0) is 72.8 Å². The lowest BCUT2D eigenvalue weighted by molar-refractivity contribution is 0.0245. The number of hydrogen-bond acceptors (Lipinski definition) is 8. The predicted molar refractivity (Wildman–Crippen MR) is 157 cm³/mol. The number of hydrogen-bond donors (Lipinski definition) is 1. The van der Waals surface area contributed by atoms with Gasteiger partial charge in [-0.25, -0.2) is 13.2 Å². The van der Waals surface area contributed by atoms with Crippen molar-refractivity contribution in [2.24, 2.45) is 5.92 Å². The molecular weight excluding hydrogens is 540 g/mol. The van der Waals surface area contributed by atoms with Gasteiger partial charge in [0.25, 0.3) is 0 Å². The van der Waals surface area contributed by atoms with Gasteiger partial charge >= 0.3 is 5.97 Å². The number of aliphatic hydroxyl groups is 1. The SMILES string of the molecule is O=C(Oc1ccc(S(=O)(=O)CCN2CCC(Cc3ccccc3)C(O)C2)cc1)c1ccc(CN2CCOCC2)cc1. The highest BCUT2D eigenvalue weighted by Gasteiger charge is 2.28. The quantitative estimate of drug-likeness (QED) is 0.289. The molecule has 5 rings (SSSR count). The molecule has 0 aliphatic carbocycles. The van der Waals surface area contributed by atoms with Crippen LogP contribution in [0.3, 0.4) is 0 Å². The molecule has 8 nitrogen and oxygen atoms in total. The third-order valence-corrected chi connectivity index (χ3v) is 9.63. The van der Waals surface area contributed by atoms with Gasteiger partial charge in [0.2, 0.25) is 0 Å². The average molecular weight is 579 g/mol. The first-order chi connectivity index (χ1) is 19.9. The van der Waals surface area contributed by atoms with Crippen LogP contribution < -0.4 is 4.74 Å². The van der Waals surface area contributed by atoms with E-state index in [-0.39, 0.29) is 22.3 Å². The van der Waals surface area contributed by atoms with E-state index in [2.05, 4.69) is 17.0 Å². The van der Waals surface area contributed by atoms with Crippen molar-refractivity contribution < 1.29 is 27.8 Å². The summed E-state index contributed by atoms with van der Waals surface area (Å²) in [5, 5.41) is 10.7. The minimum absolute atomic E-state index is 0.0427. The molecule has 0 saturated carbocycles. The van der Waals surface area contributed by atoms with E-state index in [1.54, 1.807) is 12.1 Å². The summed E-state index contributed by atoms with van der Waals surface area (Å²) >= 11 is 0. The Balaban J connectivity index is 1.09. The zero-order valence-corrected chi connectivity index (χ0v) is 24.0. The van der Waals surface area contributed by atoms with Crippen molar-refractivity contribution in [3.8, 4) is 5.75 Å². The smallest absolute Gasteiger partial charge is 0.343 e. The van der Waals surface area contributed by atoms with Crippen molar-refractivity contribution >= 4 is 15.8 Å². The van der Waals surface area contributed by atoms with Crippen LogP contribution in [-0.2, 0) is 27.5 Å². The number of aliphatic hydroxyl groups excluding tert-OH is 1. The molecule has 1 N–H and O–H groups in total. The van der Waals surface area contributed by atoms with Gasteiger partial charge in [-0.3, -0.25) is 9.80 Å². The van der Waals surface area contributed by atoms with Crippen molar-refractivity contribution in [3.05, 3.63) is 95.6 Å². The molecule has 0 amide bonds. The fourth-order valence-electron chi connectivity index (χ4n) is 5.42. The molecule has 3 aromatic carbocycles. The third-order valence-electron chi connectivity index (χ3n) is 7.92. The van der Waals surface area contributed by atoms with Crippen molar-refractivity contribution in [2.75, 3.05) is 51.7 Å². The number of piperidine rings is 1. The molecule has 3 aromatic rings. The monoisotopic (exact) mass is 578 g/mol. The standard InChI is InChI=1S/C32H38N2O6S/c35-31-24-33(15-14-28(31)22-25-4-2-1-3-5-25)18-21-41(37,38)30-12-10-29(11-13-30)40-32(36)27-8-6-26(7-9-27)23-34-16-19-39-20-17-34/h1-13,28,31,35H,14-24H2. The Morgan fingerprint density at radius 1 is 0.878 bits per heavy atom. The second-order valence-corrected chi connectivity index (χ2v) is 13.0. The Morgan fingerprint density at radius 2 is 1.59 bits per heavy atom. The van der Waals surface area contributed by atoms with Gasteiger partial charge in [0.1, 0.15) is 5.75 Å². The normalized spacial score (nSPS) is 20.5. The lowest BCUT2D eigenvalue weighted by atomic mass is 9.88. The zero-order valence-electron chi connectivity index (χ0n) is 23.2. The van der Waals surface area contributed by atoms with E-state index in [0.29, 0.717) is 18.7 Å². The number of likely N-dealkylation sites (tertiary alicyclic amines) is 1. The Labute approximate surface area is 242 Å². The first-order valence-electron chi connectivity index (χ1n) is 14.2. The molecule has 2 fully saturated rings.